The van der Waals surface area contributed by atoms with Crippen LogP contribution in [0.3, 0.4) is 0 Å². The normalized spacial score (nSPS) is 15.4. The van der Waals surface area contributed by atoms with E-state index in [2.05, 4.69) is 20.1 Å². The number of fused-ring (bicyclic) bond motifs is 1. The Morgan fingerprint density at radius 1 is 0.955 bits per heavy atom. The highest BCUT2D eigenvalue weighted by Gasteiger charge is 2.13. The molecule has 112 valence electrons. The number of hydrogen-bond donors (Lipinski definition) is 1. The van der Waals surface area contributed by atoms with Crippen molar-refractivity contribution in [2.45, 2.75) is 19.3 Å². The summed E-state index contributed by atoms with van der Waals surface area (Å²) < 4.78 is 13.3. The molecule has 0 bridgehead atoms. The van der Waals surface area contributed by atoms with Crippen LogP contribution in [0.1, 0.15) is 19.3 Å². The molecule has 1 aromatic carbocycles. The molecule has 4 rings (SSSR count). The third-order valence-corrected chi connectivity index (χ3v) is 4.19. The highest BCUT2D eigenvalue weighted by molar-refractivity contribution is 5.85. The van der Waals surface area contributed by atoms with Crippen LogP contribution in [0.4, 0.5) is 10.2 Å². The molecule has 1 aliphatic rings. The molecular weight excluding hydrogens is 279 g/mol. The van der Waals surface area contributed by atoms with Crippen LogP contribution in [-0.4, -0.2) is 28.3 Å². The van der Waals surface area contributed by atoms with Gasteiger partial charge in [-0.15, -0.1) is 10.2 Å². The lowest BCUT2D eigenvalue weighted by molar-refractivity contribution is 0.571. The van der Waals surface area contributed by atoms with Gasteiger partial charge in [0.25, 0.3) is 0 Å². The van der Waals surface area contributed by atoms with E-state index in [-0.39, 0.29) is 5.82 Å². The maximum absolute atomic E-state index is 13.3. The molecule has 0 unspecified atom stereocenters. The first-order valence-electron chi connectivity index (χ1n) is 7.67. The summed E-state index contributed by atoms with van der Waals surface area (Å²) in [6.07, 6.45) is 3.74. The summed E-state index contributed by atoms with van der Waals surface area (Å²) in [5.74, 6) is 0.693. The Morgan fingerprint density at radius 3 is 2.59 bits per heavy atom. The zero-order valence-electron chi connectivity index (χ0n) is 12.2. The quantitative estimate of drug-likeness (QED) is 0.783. The lowest BCUT2D eigenvalue weighted by Crippen LogP contribution is -2.30. The SMILES string of the molecule is Fc1ccc2cc(-c3ccc(N4CCCCC4)nn3)[nH]c2c1. The fraction of sp³-hybridized carbons (Fsp3) is 0.294. The van der Waals surface area contributed by atoms with E-state index in [1.54, 1.807) is 6.07 Å². The predicted octanol–water partition coefficient (Wildman–Crippen LogP) is 3.75. The zero-order chi connectivity index (χ0) is 14.9. The van der Waals surface area contributed by atoms with Crippen LogP contribution in [0, 0.1) is 5.82 Å². The number of aromatic nitrogens is 3. The summed E-state index contributed by atoms with van der Waals surface area (Å²) in [7, 11) is 0. The number of benzene rings is 1. The van der Waals surface area contributed by atoms with Crippen molar-refractivity contribution in [3.8, 4) is 11.4 Å². The highest BCUT2D eigenvalue weighted by atomic mass is 19.1. The Balaban J connectivity index is 1.63. The average molecular weight is 296 g/mol. The second-order valence-corrected chi connectivity index (χ2v) is 5.74. The molecule has 5 heteroatoms. The number of nitrogens with zero attached hydrogens (tertiary/aromatic N) is 3. The molecule has 1 aliphatic heterocycles. The molecule has 4 nitrogen and oxygen atoms in total. The third-order valence-electron chi connectivity index (χ3n) is 4.19. The molecule has 0 saturated carbocycles. The fourth-order valence-electron chi connectivity index (χ4n) is 3.00. The van der Waals surface area contributed by atoms with Gasteiger partial charge in [-0.05, 0) is 55.7 Å². The van der Waals surface area contributed by atoms with Crippen LogP contribution in [0.5, 0.6) is 0 Å². The summed E-state index contributed by atoms with van der Waals surface area (Å²) in [6, 6.07) is 10.7. The van der Waals surface area contributed by atoms with E-state index in [0.29, 0.717) is 0 Å². The van der Waals surface area contributed by atoms with Crippen LogP contribution in [0.25, 0.3) is 22.3 Å². The van der Waals surface area contributed by atoms with Gasteiger partial charge in [-0.25, -0.2) is 4.39 Å². The van der Waals surface area contributed by atoms with E-state index in [1.165, 1.54) is 31.4 Å². The molecule has 22 heavy (non-hydrogen) atoms. The van der Waals surface area contributed by atoms with Crippen LogP contribution >= 0.6 is 0 Å². The Bertz CT molecular complexity index is 788. The molecular formula is C17H17FN4. The van der Waals surface area contributed by atoms with Crippen molar-refractivity contribution in [2.75, 3.05) is 18.0 Å². The van der Waals surface area contributed by atoms with E-state index in [4.69, 9.17) is 0 Å². The summed E-state index contributed by atoms with van der Waals surface area (Å²) in [6.45, 7) is 2.11. The molecule has 3 aromatic rings. The lowest BCUT2D eigenvalue weighted by atomic mass is 10.1. The van der Waals surface area contributed by atoms with Gasteiger partial charge >= 0.3 is 0 Å². The Hall–Kier alpha value is -2.43. The first-order chi connectivity index (χ1) is 10.8. The van der Waals surface area contributed by atoms with Crippen LogP contribution in [0.2, 0.25) is 0 Å². The zero-order valence-corrected chi connectivity index (χ0v) is 12.2. The summed E-state index contributed by atoms with van der Waals surface area (Å²) in [5, 5.41) is 9.64. The van der Waals surface area contributed by atoms with E-state index >= 15 is 0 Å². The first kappa shape index (κ1) is 13.2. The van der Waals surface area contributed by atoms with E-state index in [0.717, 1.165) is 41.2 Å². The first-order valence-corrected chi connectivity index (χ1v) is 7.67. The molecule has 0 spiro atoms. The van der Waals surface area contributed by atoms with Gasteiger partial charge in [0.2, 0.25) is 0 Å². The minimum Gasteiger partial charge on any atom is -0.355 e. The Morgan fingerprint density at radius 2 is 1.82 bits per heavy atom. The van der Waals surface area contributed by atoms with Crippen LogP contribution in [-0.2, 0) is 0 Å². The molecule has 1 saturated heterocycles. The minimum atomic E-state index is -0.243. The maximum atomic E-state index is 13.3. The molecule has 1 fully saturated rings. The highest BCUT2D eigenvalue weighted by Crippen LogP contribution is 2.24. The molecule has 0 radical (unpaired) electrons. The summed E-state index contributed by atoms with van der Waals surface area (Å²) >= 11 is 0. The smallest absolute Gasteiger partial charge is 0.151 e. The molecule has 2 aromatic heterocycles. The van der Waals surface area contributed by atoms with Gasteiger partial charge in [0.1, 0.15) is 11.5 Å². The van der Waals surface area contributed by atoms with Crippen LogP contribution in [0.15, 0.2) is 36.4 Å². The van der Waals surface area contributed by atoms with Gasteiger partial charge in [-0.3, -0.25) is 0 Å². The predicted molar refractivity (Wildman–Crippen MR) is 85.3 cm³/mol. The minimum absolute atomic E-state index is 0.243. The van der Waals surface area contributed by atoms with Crippen molar-refractivity contribution < 1.29 is 4.39 Å². The van der Waals surface area contributed by atoms with Gasteiger partial charge in [0.15, 0.2) is 5.82 Å². The van der Waals surface area contributed by atoms with E-state index in [9.17, 15) is 4.39 Å². The molecule has 0 amide bonds. The van der Waals surface area contributed by atoms with E-state index < -0.39 is 0 Å². The van der Waals surface area contributed by atoms with Gasteiger partial charge in [0, 0.05) is 24.0 Å². The van der Waals surface area contributed by atoms with Crippen molar-refractivity contribution in [3.05, 3.63) is 42.2 Å². The van der Waals surface area contributed by atoms with Crippen molar-refractivity contribution >= 4 is 16.7 Å². The molecule has 0 atom stereocenters. The standard InChI is InChI=1S/C17H17FN4/c18-13-5-4-12-10-16(19-15(12)11-13)14-6-7-17(21-20-14)22-8-2-1-3-9-22/h4-7,10-11,19H,1-3,8-9H2. The van der Waals surface area contributed by atoms with Crippen molar-refractivity contribution in [1.29, 1.82) is 0 Å². The van der Waals surface area contributed by atoms with Gasteiger partial charge in [-0.2, -0.15) is 0 Å². The van der Waals surface area contributed by atoms with Crippen molar-refractivity contribution in [3.63, 3.8) is 0 Å². The summed E-state index contributed by atoms with van der Waals surface area (Å²) in [4.78, 5) is 5.47. The number of piperidine rings is 1. The summed E-state index contributed by atoms with van der Waals surface area (Å²) in [5.41, 5.74) is 2.41. The number of H-pyrrole nitrogens is 1. The average Bonchev–Trinajstić information content (AvgIpc) is 2.99. The third kappa shape index (κ3) is 2.43. The number of nitrogens with one attached hydrogen (secondary N) is 1. The Labute approximate surface area is 128 Å². The maximum Gasteiger partial charge on any atom is 0.151 e. The van der Waals surface area contributed by atoms with Crippen LogP contribution < -0.4 is 4.90 Å². The molecule has 1 N–H and O–H groups in total. The molecule has 0 aliphatic carbocycles. The van der Waals surface area contributed by atoms with Gasteiger partial charge in [-0.1, -0.05) is 0 Å². The molecule has 3 heterocycles. The van der Waals surface area contributed by atoms with Gasteiger partial charge in [0.05, 0.1) is 5.69 Å². The Kier molecular flexibility index (Phi) is 3.25. The largest absolute Gasteiger partial charge is 0.355 e. The number of rotatable bonds is 2. The monoisotopic (exact) mass is 296 g/mol. The second-order valence-electron chi connectivity index (χ2n) is 5.74. The lowest BCUT2D eigenvalue weighted by Gasteiger charge is -2.27. The number of anilines is 1. The topological polar surface area (TPSA) is 44.8 Å². The van der Waals surface area contributed by atoms with Gasteiger partial charge < -0.3 is 9.88 Å². The van der Waals surface area contributed by atoms with Crippen molar-refractivity contribution in [1.82, 2.24) is 15.2 Å². The number of halogens is 1. The second kappa shape index (κ2) is 5.40. The number of aromatic amines is 1. The number of hydrogen-bond acceptors (Lipinski definition) is 3. The van der Waals surface area contributed by atoms with Crippen molar-refractivity contribution in [2.24, 2.45) is 0 Å². The fourth-order valence-corrected chi connectivity index (χ4v) is 3.00. The van der Waals surface area contributed by atoms with E-state index in [1.807, 2.05) is 18.2 Å².